The molecule has 3 N–H and O–H groups in total. The van der Waals surface area contributed by atoms with Crippen LogP contribution in [0.15, 0.2) is 223 Å². The zero-order chi connectivity index (χ0) is 49.0. The van der Waals surface area contributed by atoms with E-state index in [1.807, 2.05) is 73.2 Å². The molecule has 2 atom stereocenters. The van der Waals surface area contributed by atoms with Gasteiger partial charge in [-0.05, 0) is 98.3 Å². The zero-order valence-corrected chi connectivity index (χ0v) is 40.2. The Morgan fingerprint density at radius 1 is 0.507 bits per heavy atom. The molecule has 4 aromatic heterocycles. The molecular formula is C61H56N6O4. The average Bonchev–Trinajstić information content (AvgIpc) is 4.27. The topological polar surface area (TPSA) is 139 Å². The standard InChI is InChI=1S/C40H35N3O2.C21H21N3O2/c1-29(2)24-39(44,36-21-20-30-22-32(19-18-31(30)23-36)37-25-41-28-45-37)38-26-43(27-42-38)40(33-12-6-3-7-13-33,34-14-8-4-9-15-34)35-16-10-5-11-17-35;1-14(2)9-21(25,20-11-22-12-24-20)18-6-5-15-7-17(4-3-16(15)8-18)19-10-23-13-26-19/h3-23,25-29,44H,24H2,1-2H3;3-8,10-14,25H,9H2,1-2H3,(H,22,24). The fourth-order valence-electron chi connectivity index (χ4n) is 10.2. The summed E-state index contributed by atoms with van der Waals surface area (Å²) < 4.78 is 13.1. The summed E-state index contributed by atoms with van der Waals surface area (Å²) in [6, 6.07) is 56.1. The quantitative estimate of drug-likeness (QED) is 0.0916. The summed E-state index contributed by atoms with van der Waals surface area (Å²) in [5.41, 5.74) is 5.12. The highest BCUT2D eigenvalue weighted by atomic mass is 16.3. The second-order valence-corrected chi connectivity index (χ2v) is 19.1. The van der Waals surface area contributed by atoms with Gasteiger partial charge in [-0.1, -0.05) is 167 Å². The van der Waals surface area contributed by atoms with Gasteiger partial charge in [0.25, 0.3) is 0 Å². The predicted octanol–water partition coefficient (Wildman–Crippen LogP) is 13.3. The third-order valence-corrected chi connectivity index (χ3v) is 13.4. The van der Waals surface area contributed by atoms with Crippen molar-refractivity contribution < 1.29 is 19.0 Å². The summed E-state index contributed by atoms with van der Waals surface area (Å²) in [4.78, 5) is 20.2. The zero-order valence-electron chi connectivity index (χ0n) is 40.2. The normalized spacial score (nSPS) is 13.5. The largest absolute Gasteiger partial charge is 0.444 e. The lowest BCUT2D eigenvalue weighted by Crippen LogP contribution is -2.37. The first kappa shape index (κ1) is 46.5. The van der Waals surface area contributed by atoms with E-state index in [1.165, 1.54) is 12.8 Å². The van der Waals surface area contributed by atoms with Gasteiger partial charge in [0, 0.05) is 17.3 Å². The van der Waals surface area contributed by atoms with Gasteiger partial charge in [-0.3, -0.25) is 0 Å². The van der Waals surface area contributed by atoms with E-state index in [9.17, 15) is 10.2 Å². The van der Waals surface area contributed by atoms with Crippen LogP contribution in [0.1, 0.15) is 79.7 Å². The third-order valence-electron chi connectivity index (χ3n) is 13.4. The van der Waals surface area contributed by atoms with Gasteiger partial charge in [0.2, 0.25) is 0 Å². The maximum Gasteiger partial charge on any atom is 0.181 e. The summed E-state index contributed by atoms with van der Waals surface area (Å²) in [7, 11) is 0. The van der Waals surface area contributed by atoms with Crippen LogP contribution in [-0.2, 0) is 16.7 Å². The number of nitrogens with zero attached hydrogens (tertiary/aromatic N) is 5. The Labute approximate surface area is 413 Å². The Hall–Kier alpha value is -8.18. The molecule has 0 aliphatic heterocycles. The van der Waals surface area contributed by atoms with Crippen molar-refractivity contribution in [2.24, 2.45) is 11.8 Å². The van der Waals surface area contributed by atoms with E-state index >= 15 is 0 Å². The minimum absolute atomic E-state index is 0.215. The van der Waals surface area contributed by atoms with Crippen molar-refractivity contribution in [3.8, 4) is 22.6 Å². The summed E-state index contributed by atoms with van der Waals surface area (Å²) in [5, 5.41) is 28.4. The first-order valence-corrected chi connectivity index (χ1v) is 24.1. The first-order chi connectivity index (χ1) is 34.5. The molecule has 0 saturated carbocycles. The maximum absolute atomic E-state index is 12.7. The molecule has 11 aromatic rings. The van der Waals surface area contributed by atoms with Gasteiger partial charge >= 0.3 is 0 Å². The number of rotatable bonds is 14. The number of nitrogens with one attached hydrogen (secondary N) is 1. The van der Waals surface area contributed by atoms with Crippen molar-refractivity contribution >= 4 is 21.5 Å². The third kappa shape index (κ3) is 9.11. The van der Waals surface area contributed by atoms with Gasteiger partial charge in [0.1, 0.15) is 16.7 Å². The van der Waals surface area contributed by atoms with Gasteiger partial charge in [0.05, 0.1) is 42.6 Å². The molecule has 0 saturated heterocycles. The highest BCUT2D eigenvalue weighted by Gasteiger charge is 2.41. The van der Waals surface area contributed by atoms with Crippen molar-refractivity contribution in [1.82, 2.24) is 29.5 Å². The molecule has 71 heavy (non-hydrogen) atoms. The number of hydrogen-bond donors (Lipinski definition) is 3. The van der Waals surface area contributed by atoms with Gasteiger partial charge in [-0.15, -0.1) is 0 Å². The van der Waals surface area contributed by atoms with Crippen LogP contribution in [-0.4, -0.2) is 39.7 Å². The molecule has 0 bridgehead atoms. The lowest BCUT2D eigenvalue weighted by Gasteiger charge is -2.37. The van der Waals surface area contributed by atoms with E-state index in [0.29, 0.717) is 30.1 Å². The number of oxazole rings is 2. The summed E-state index contributed by atoms with van der Waals surface area (Å²) in [6.45, 7) is 8.47. The highest BCUT2D eigenvalue weighted by Crippen LogP contribution is 2.44. The van der Waals surface area contributed by atoms with Crippen LogP contribution in [0.25, 0.3) is 44.2 Å². The van der Waals surface area contributed by atoms with Gasteiger partial charge in [0.15, 0.2) is 24.3 Å². The fourth-order valence-corrected chi connectivity index (χ4v) is 10.2. The molecule has 2 unspecified atom stereocenters. The van der Waals surface area contributed by atoms with Crippen LogP contribution in [0.4, 0.5) is 0 Å². The van der Waals surface area contributed by atoms with E-state index in [1.54, 1.807) is 24.9 Å². The van der Waals surface area contributed by atoms with Crippen molar-refractivity contribution in [1.29, 1.82) is 0 Å². The molecule has 0 spiro atoms. The Bertz CT molecular complexity index is 3370. The number of H-pyrrole nitrogens is 1. The van der Waals surface area contributed by atoms with Gasteiger partial charge in [-0.25, -0.2) is 19.9 Å². The highest BCUT2D eigenvalue weighted by molar-refractivity contribution is 5.88. The van der Waals surface area contributed by atoms with Crippen molar-refractivity contribution in [3.05, 3.63) is 253 Å². The van der Waals surface area contributed by atoms with Crippen LogP contribution < -0.4 is 0 Å². The Kier molecular flexibility index (Phi) is 12.9. The number of aromatic amines is 1. The SMILES string of the molecule is CC(C)CC(O)(c1ccc2cc(-c3cnco3)ccc2c1)c1cn(C(c2ccccc2)(c2ccccc2)c2ccccc2)cn1.CC(C)CC(O)(c1ccc2cc(-c3cnco3)ccc2c1)c1cnc[nH]1. The monoisotopic (exact) mass is 936 g/mol. The van der Waals surface area contributed by atoms with Gasteiger partial charge < -0.3 is 28.6 Å². The Morgan fingerprint density at radius 3 is 1.39 bits per heavy atom. The van der Waals surface area contributed by atoms with Crippen LogP contribution in [0.3, 0.4) is 0 Å². The van der Waals surface area contributed by atoms with Gasteiger partial charge in [-0.2, -0.15) is 0 Å². The number of imidazole rings is 2. The van der Waals surface area contributed by atoms with Crippen molar-refractivity contribution in [2.45, 2.75) is 57.3 Å². The summed E-state index contributed by atoms with van der Waals surface area (Å²) in [6.07, 6.45) is 14.6. The number of aliphatic hydroxyl groups is 2. The molecule has 0 aliphatic carbocycles. The fraction of sp³-hybridized carbons (Fsp3) is 0.180. The minimum Gasteiger partial charge on any atom is -0.444 e. The van der Waals surface area contributed by atoms with Crippen molar-refractivity contribution in [2.75, 3.05) is 0 Å². The van der Waals surface area contributed by atoms with E-state index in [-0.39, 0.29) is 5.92 Å². The summed E-state index contributed by atoms with van der Waals surface area (Å²) in [5.74, 6) is 2.01. The lowest BCUT2D eigenvalue weighted by molar-refractivity contribution is 0.0532. The molecule has 0 fully saturated rings. The maximum atomic E-state index is 12.7. The molecule has 11 rings (SSSR count). The molecule has 0 aliphatic rings. The number of hydrogen-bond acceptors (Lipinski definition) is 8. The molecule has 7 aromatic carbocycles. The first-order valence-electron chi connectivity index (χ1n) is 24.1. The van der Waals surface area contributed by atoms with E-state index in [4.69, 9.17) is 13.8 Å². The Balaban J connectivity index is 0.000000190. The van der Waals surface area contributed by atoms with E-state index in [2.05, 4.69) is 155 Å². The van der Waals surface area contributed by atoms with Crippen LogP contribution in [0.5, 0.6) is 0 Å². The molecular weight excluding hydrogens is 881 g/mol. The second-order valence-electron chi connectivity index (χ2n) is 19.1. The molecule has 0 radical (unpaired) electrons. The summed E-state index contributed by atoms with van der Waals surface area (Å²) >= 11 is 0. The molecule has 10 nitrogen and oxygen atoms in total. The average molecular weight is 937 g/mol. The van der Waals surface area contributed by atoms with Crippen LogP contribution in [0.2, 0.25) is 0 Å². The van der Waals surface area contributed by atoms with Crippen molar-refractivity contribution in [3.63, 3.8) is 0 Å². The van der Waals surface area contributed by atoms with E-state index in [0.717, 1.165) is 72.0 Å². The molecule has 10 heteroatoms. The lowest BCUT2D eigenvalue weighted by atomic mass is 9.76. The smallest absolute Gasteiger partial charge is 0.181 e. The van der Waals surface area contributed by atoms with Crippen LogP contribution >= 0.6 is 0 Å². The Morgan fingerprint density at radius 2 is 0.958 bits per heavy atom. The minimum atomic E-state index is -1.31. The van der Waals surface area contributed by atoms with Crippen LogP contribution in [0, 0.1) is 11.8 Å². The number of fused-ring (bicyclic) bond motifs is 2. The van der Waals surface area contributed by atoms with E-state index < -0.39 is 16.7 Å². The molecule has 354 valence electrons. The number of aromatic nitrogens is 6. The molecule has 4 heterocycles. The second kappa shape index (κ2) is 19.7. The number of benzene rings is 7. The molecule has 0 amide bonds. The predicted molar refractivity (Wildman–Crippen MR) is 279 cm³/mol.